The molecule has 0 radical (unpaired) electrons. The number of carbonyl (C=O) groups is 4. The summed E-state index contributed by atoms with van der Waals surface area (Å²) in [5.74, 6) is -7.86. The van der Waals surface area contributed by atoms with Crippen LogP contribution in [0.4, 0.5) is 0 Å². The van der Waals surface area contributed by atoms with Gasteiger partial charge in [0.1, 0.15) is 39.5 Å². The Hall–Kier alpha value is -3.02. The molecular formula is C50H100B4N12O28S4. The number of aliphatic carboxylic acids is 4. The van der Waals surface area contributed by atoms with Crippen molar-refractivity contribution in [3.63, 3.8) is 0 Å². The summed E-state index contributed by atoms with van der Waals surface area (Å²) in [4.78, 5) is 46.3. The molecule has 28 N–H and O–H groups in total. The lowest BCUT2D eigenvalue weighted by Gasteiger charge is -2.25. The van der Waals surface area contributed by atoms with E-state index in [0.717, 1.165) is 17.2 Å². The topological polar surface area (TPSA) is 706 Å². The molecule has 564 valence electrons. The molecule has 4 heterocycles. The van der Waals surface area contributed by atoms with E-state index in [2.05, 4.69) is 0 Å². The molecule has 8 aliphatic rings. The smallest absolute Gasteiger partial charge is 0.451 e. The van der Waals surface area contributed by atoms with Crippen LogP contribution in [0.5, 0.6) is 0 Å². The molecule has 16 atom stereocenters. The molecular weight excluding hydrogens is 1390 g/mol. The van der Waals surface area contributed by atoms with Gasteiger partial charge in [-0.15, -0.1) is 0 Å². The van der Waals surface area contributed by atoms with Gasteiger partial charge in [0.25, 0.3) is 0 Å². The van der Waals surface area contributed by atoms with Gasteiger partial charge in [0.2, 0.25) is 0 Å². The lowest BCUT2D eigenvalue weighted by molar-refractivity contribution is -0.145. The minimum atomic E-state index is -4.19. The predicted octanol–water partition coefficient (Wildman–Crippen LogP) is -8.55. The second kappa shape index (κ2) is 31.0. The molecule has 8 rings (SSSR count). The first-order valence-corrected chi connectivity index (χ1v) is 37.2. The van der Waals surface area contributed by atoms with E-state index in [4.69, 9.17) is 103 Å². The van der Waals surface area contributed by atoms with Crippen LogP contribution in [0, 0.1) is 29.1 Å². The van der Waals surface area contributed by atoms with Crippen LogP contribution in [-0.2, 0) is 77.1 Å². The van der Waals surface area contributed by atoms with Crippen molar-refractivity contribution in [1.82, 2.24) is 17.2 Å². The minimum Gasteiger partial charge on any atom is -0.480 e. The molecule has 4 saturated heterocycles. The molecule has 4 aliphatic heterocycles. The molecule has 0 aromatic rings. The summed E-state index contributed by atoms with van der Waals surface area (Å²) in [6.45, 7) is 8.08. The summed E-state index contributed by atoms with van der Waals surface area (Å²) in [6.07, 6.45) is 2.39. The summed E-state index contributed by atoms with van der Waals surface area (Å²) in [5, 5.41) is 109. The third-order valence-electron chi connectivity index (χ3n) is 20.4. The van der Waals surface area contributed by atoms with Gasteiger partial charge >= 0.3 is 93.6 Å². The Balaban J connectivity index is 0.000000236. The normalized spacial score (nSPS) is 36.8. The monoisotopic (exact) mass is 1490 g/mol. The first-order chi connectivity index (χ1) is 44.3. The molecule has 98 heavy (non-hydrogen) atoms. The van der Waals surface area contributed by atoms with Gasteiger partial charge in [-0.25, -0.2) is 8.37 Å². The molecule has 8 fully saturated rings. The summed E-state index contributed by atoms with van der Waals surface area (Å²) in [7, 11) is -22.6. The number of hydrogen-bond donors (Lipinski definition) is 20. The largest absolute Gasteiger partial charge is 0.480 e. The molecule has 4 saturated carbocycles. The van der Waals surface area contributed by atoms with Crippen LogP contribution in [0.25, 0.3) is 0 Å². The fourth-order valence-corrected chi connectivity index (χ4v) is 18.3. The second-order valence-corrected chi connectivity index (χ2v) is 35.3. The zero-order valence-electron chi connectivity index (χ0n) is 55.6. The molecule has 0 bridgehead atoms. The molecule has 0 spiro atoms. The van der Waals surface area contributed by atoms with Crippen LogP contribution in [0.1, 0.15) is 112 Å². The number of carboxylic acids is 4. The van der Waals surface area contributed by atoms with Crippen molar-refractivity contribution in [3.8, 4) is 0 Å². The fraction of sp³-hybridized carbons (Fsp3) is 0.920. The van der Waals surface area contributed by atoms with Crippen molar-refractivity contribution in [2.45, 2.75) is 206 Å². The molecule has 0 amide bonds. The van der Waals surface area contributed by atoms with Gasteiger partial charge in [-0.1, -0.05) is 39.5 Å². The van der Waals surface area contributed by atoms with E-state index in [9.17, 15) is 73.3 Å². The summed E-state index contributed by atoms with van der Waals surface area (Å²) < 4.78 is 124. The highest BCUT2D eigenvalue weighted by atomic mass is 32.2. The average Bonchev–Trinajstić information content (AvgIpc) is 1.52. The van der Waals surface area contributed by atoms with Gasteiger partial charge in [0.15, 0.2) is 0 Å². The van der Waals surface area contributed by atoms with Gasteiger partial charge in [-0.2, -0.15) is 50.9 Å². The van der Waals surface area contributed by atoms with Crippen LogP contribution in [0.2, 0.25) is 25.3 Å². The Morgan fingerprint density at radius 2 is 0.694 bits per heavy atom. The van der Waals surface area contributed by atoms with Crippen molar-refractivity contribution in [3.05, 3.63) is 0 Å². The predicted molar refractivity (Wildman–Crippen MR) is 349 cm³/mol. The Kier molecular flexibility index (Phi) is 27.1. The van der Waals surface area contributed by atoms with Crippen molar-refractivity contribution in [2.75, 3.05) is 52.4 Å². The van der Waals surface area contributed by atoms with E-state index in [1.54, 1.807) is 41.5 Å². The molecule has 40 nitrogen and oxygen atoms in total. The second-order valence-electron chi connectivity index (χ2n) is 29.1. The summed E-state index contributed by atoms with van der Waals surface area (Å²) in [5.41, 5.74) is 36.0. The van der Waals surface area contributed by atoms with Crippen LogP contribution in [0.3, 0.4) is 0 Å². The highest BCUT2D eigenvalue weighted by Gasteiger charge is 2.65. The first-order valence-electron chi connectivity index (χ1n) is 31.8. The fourth-order valence-electron chi connectivity index (χ4n) is 12.3. The van der Waals surface area contributed by atoms with Crippen molar-refractivity contribution >= 4 is 93.6 Å². The van der Waals surface area contributed by atoms with Crippen LogP contribution in [-0.4, -0.2) is 285 Å². The standard InChI is InChI=1S/2C13H26BN3O7S.2C12H24BN3O7S/c1-11(15)7-12(11,2)24-25(22,23)17-6-9(4-3-5-14(20)21)13(16,8-17)10(18)19;1-12(2)9(15)10(12)24-25(22,23)17-6-8(4-3-5-14(20)21)13(16,7-17)11(18)19;1-11(14)5-9(11)23-24(21,22)16-6-8(3-2-4-13(19)20)12(15,7-16)10(17)18;1-11(5-9(11)14)23-24(21,22)16-6-8(3-2-4-13(19)20)12(15,7-16)10(17)18/h9,20-21H,3-8,15-16H2,1-2H3,(H,18,19);8-10,20-21H,3-7,15-16H2,1-2H3,(H,18,19);2*8-9,19-20H,2-7,14-15H2,1H3,(H,17,18)/t9-,11?,12?,13-;8-,9?,10?,13-;2*8-,9?,11?,12-/m0000/s1. The Labute approximate surface area is 571 Å². The zero-order valence-corrected chi connectivity index (χ0v) is 58.9. The molecule has 8 unspecified atom stereocenters. The van der Waals surface area contributed by atoms with E-state index in [1.807, 2.05) is 0 Å². The molecule has 0 aromatic carbocycles. The molecule has 48 heteroatoms. The number of carboxylic acid groups (broad SMARTS) is 4. The SMILES string of the molecule is CC1(C)C(N)C1OS(=O)(=O)N1C[C@H](CCCB(O)O)[C@](N)(C(=O)O)C1.CC1(N)CC1(C)OS(=O)(=O)N1C[C@H](CCCB(O)O)[C@](N)(C(=O)O)C1.CC1(N)CC1OS(=O)(=O)N1C[C@H](CCCB(O)O)[C@](N)(C(=O)O)C1.CC1(OS(=O)(=O)N2C[C@H](CCCB(O)O)[C@](N)(C(=O)O)C2)CC1N. The van der Waals surface area contributed by atoms with E-state index in [0.29, 0.717) is 44.9 Å². The van der Waals surface area contributed by atoms with E-state index in [1.165, 1.54) is 0 Å². The third kappa shape index (κ3) is 20.5. The van der Waals surface area contributed by atoms with Gasteiger partial charge < -0.3 is 106 Å². The highest BCUT2D eigenvalue weighted by Crippen LogP contribution is 2.51. The van der Waals surface area contributed by atoms with Crippen LogP contribution >= 0.6 is 0 Å². The van der Waals surface area contributed by atoms with E-state index >= 15 is 0 Å². The van der Waals surface area contributed by atoms with E-state index in [-0.39, 0.29) is 83.2 Å². The maximum atomic E-state index is 12.5. The number of nitrogens with zero attached hydrogens (tertiary/aromatic N) is 4. The average molecular weight is 1490 g/mol. The number of nitrogens with two attached hydrogens (primary N) is 8. The third-order valence-corrected chi connectivity index (χ3v) is 26.1. The lowest BCUT2D eigenvalue weighted by Crippen LogP contribution is -2.55. The maximum Gasteiger partial charge on any atom is 0.451 e. The van der Waals surface area contributed by atoms with Crippen molar-refractivity contribution in [1.29, 1.82) is 0 Å². The molecule has 0 aromatic heterocycles. The van der Waals surface area contributed by atoms with E-state index < -0.39 is 212 Å². The highest BCUT2D eigenvalue weighted by molar-refractivity contribution is 7.85. The van der Waals surface area contributed by atoms with Crippen molar-refractivity contribution in [2.24, 2.45) is 75.0 Å². The quantitative estimate of drug-likeness (QED) is 0.0278. The Bertz CT molecular complexity index is 3330. The van der Waals surface area contributed by atoms with Crippen LogP contribution in [0.15, 0.2) is 0 Å². The van der Waals surface area contributed by atoms with Gasteiger partial charge in [-0.3, -0.25) is 27.5 Å². The lowest BCUT2D eigenvalue weighted by atomic mass is 9.78. The Morgan fingerprint density at radius 1 is 0.449 bits per heavy atom. The number of hydrogen-bond acceptors (Lipinski definition) is 32. The summed E-state index contributed by atoms with van der Waals surface area (Å²) in [6, 6.07) is -0.785. The summed E-state index contributed by atoms with van der Waals surface area (Å²) >= 11 is 0. The van der Waals surface area contributed by atoms with Crippen molar-refractivity contribution < 1.29 is 130 Å². The van der Waals surface area contributed by atoms with Gasteiger partial charge in [0, 0.05) is 105 Å². The minimum absolute atomic E-state index is 0.0546. The zero-order chi connectivity index (χ0) is 75.1. The molecule has 4 aliphatic carbocycles. The van der Waals surface area contributed by atoms with Gasteiger partial charge in [-0.05, 0) is 97.9 Å². The van der Waals surface area contributed by atoms with Gasteiger partial charge in [0.05, 0.1) is 6.10 Å². The maximum absolute atomic E-state index is 12.5. The van der Waals surface area contributed by atoms with Crippen LogP contribution < -0.4 is 45.9 Å². The Morgan fingerprint density at radius 3 is 0.908 bits per heavy atom. The first kappa shape index (κ1) is 85.6. The number of rotatable bonds is 32.